The van der Waals surface area contributed by atoms with E-state index in [1.807, 2.05) is 78.1 Å². The van der Waals surface area contributed by atoms with Crippen LogP contribution in [0, 0.1) is 0 Å². The first-order valence-corrected chi connectivity index (χ1v) is 15.1. The van der Waals surface area contributed by atoms with Gasteiger partial charge in [-0.15, -0.1) is 0 Å². The number of esters is 2. The fourth-order valence-electron chi connectivity index (χ4n) is 6.41. The van der Waals surface area contributed by atoms with Gasteiger partial charge in [-0.2, -0.15) is 0 Å². The summed E-state index contributed by atoms with van der Waals surface area (Å²) in [7, 11) is 0. The Kier molecular flexibility index (Phi) is 7.96. The number of nitrogens with zero attached hydrogens (tertiary/aromatic N) is 2. The monoisotopic (exact) mass is 575 g/mol. The zero-order valence-corrected chi connectivity index (χ0v) is 25.8. The first-order chi connectivity index (χ1) is 19.7. The van der Waals surface area contributed by atoms with Crippen molar-refractivity contribution in [3.63, 3.8) is 0 Å². The molecule has 0 saturated heterocycles. The van der Waals surface area contributed by atoms with Crippen LogP contribution in [0.3, 0.4) is 0 Å². The van der Waals surface area contributed by atoms with Crippen molar-refractivity contribution < 1.29 is 19.1 Å². The quantitative estimate of drug-likeness (QED) is 0.333. The Morgan fingerprint density at radius 1 is 1.00 bits per heavy atom. The number of carbonyl (C=O) groups is 2. The lowest BCUT2D eigenvalue weighted by atomic mass is 9.66. The summed E-state index contributed by atoms with van der Waals surface area (Å²) < 4.78 is 11.8. The number of fused-ring (bicyclic) bond motifs is 2. The van der Waals surface area contributed by atoms with E-state index in [-0.39, 0.29) is 12.0 Å². The second-order valence-corrected chi connectivity index (χ2v) is 14.1. The van der Waals surface area contributed by atoms with Crippen LogP contribution in [0.2, 0.25) is 0 Å². The zero-order valence-electron chi connectivity index (χ0n) is 25.8. The molecule has 3 aromatic rings. The number of H-pyrrole nitrogens is 1. The second kappa shape index (κ2) is 11.1. The summed E-state index contributed by atoms with van der Waals surface area (Å²) in [6, 6.07) is 11.8. The predicted octanol–water partition coefficient (Wildman–Crippen LogP) is 5.40. The van der Waals surface area contributed by atoms with Crippen molar-refractivity contribution >= 4 is 23.0 Å². The highest BCUT2D eigenvalue weighted by molar-refractivity contribution is 5.84. The smallest absolute Gasteiger partial charge is 0.326 e. The van der Waals surface area contributed by atoms with E-state index in [4.69, 9.17) is 25.2 Å². The molecule has 226 valence electrons. The Bertz CT molecular complexity index is 1410. The first kappa shape index (κ1) is 30.2. The molecule has 5 rings (SSSR count). The Morgan fingerprint density at radius 2 is 1.69 bits per heavy atom. The van der Waals surface area contributed by atoms with Crippen LogP contribution < -0.4 is 11.1 Å². The third-order valence-electron chi connectivity index (χ3n) is 8.37. The average Bonchev–Trinajstić information content (AvgIpc) is 3.32. The number of imidazole rings is 1. The number of rotatable bonds is 6. The number of aryl methyl sites for hydroxylation is 1. The van der Waals surface area contributed by atoms with Crippen LogP contribution in [0.5, 0.6) is 0 Å². The molecule has 1 saturated carbocycles. The molecule has 2 aliphatic carbocycles. The standard InChI is InChI=1S/C33H45N5O4/c1-30(2,3)41-28(39)25(27-36-22-13-7-8-14-23(22)37-27)33(38-24-15-9-11-21-12-10-20-35-26(21)24)18-16-32(34,17-19-33)29(40)42-31(4,5)6/h7-8,10,12-14,20,24-25,38H,9,11,15-19,34H2,1-6H3,(H,36,37)/t24?,25-,32?,33?/m0/s1. The molecular weight excluding hydrogens is 530 g/mol. The van der Waals surface area contributed by atoms with Crippen LogP contribution in [0.4, 0.5) is 0 Å². The fraction of sp³-hybridized carbons (Fsp3) is 0.576. The van der Waals surface area contributed by atoms with Crippen molar-refractivity contribution in [3.05, 3.63) is 59.7 Å². The van der Waals surface area contributed by atoms with Gasteiger partial charge in [0.25, 0.3) is 0 Å². The highest BCUT2D eigenvalue weighted by Gasteiger charge is 2.55. The van der Waals surface area contributed by atoms with Crippen molar-refractivity contribution in [1.82, 2.24) is 20.3 Å². The molecule has 42 heavy (non-hydrogen) atoms. The van der Waals surface area contributed by atoms with E-state index in [1.165, 1.54) is 5.56 Å². The largest absolute Gasteiger partial charge is 0.459 e. The van der Waals surface area contributed by atoms with Gasteiger partial charge in [0, 0.05) is 11.7 Å². The van der Waals surface area contributed by atoms with Gasteiger partial charge in [-0.05, 0) is 110 Å². The van der Waals surface area contributed by atoms with Crippen molar-refractivity contribution in [2.24, 2.45) is 5.73 Å². The maximum atomic E-state index is 14.2. The van der Waals surface area contributed by atoms with E-state index in [1.54, 1.807) is 0 Å². The van der Waals surface area contributed by atoms with Crippen LogP contribution >= 0.6 is 0 Å². The van der Waals surface area contributed by atoms with E-state index in [2.05, 4.69) is 16.4 Å². The van der Waals surface area contributed by atoms with E-state index in [0.717, 1.165) is 36.0 Å². The van der Waals surface area contributed by atoms with Gasteiger partial charge in [-0.25, -0.2) is 4.98 Å². The summed E-state index contributed by atoms with van der Waals surface area (Å²) in [6.07, 6.45) is 6.26. The summed E-state index contributed by atoms with van der Waals surface area (Å²) in [5, 5.41) is 3.93. The second-order valence-electron chi connectivity index (χ2n) is 14.1. The molecule has 9 heteroatoms. The summed E-state index contributed by atoms with van der Waals surface area (Å²) in [5.74, 6) is -1.02. The number of carbonyl (C=O) groups excluding carboxylic acids is 2. The molecule has 9 nitrogen and oxygen atoms in total. The summed E-state index contributed by atoms with van der Waals surface area (Å²) in [4.78, 5) is 40.6. The maximum Gasteiger partial charge on any atom is 0.326 e. The minimum atomic E-state index is -1.16. The Balaban J connectivity index is 1.59. The number of aromatic nitrogens is 3. The average molecular weight is 576 g/mol. The number of pyridine rings is 1. The number of hydrogen-bond donors (Lipinski definition) is 3. The highest BCUT2D eigenvalue weighted by Crippen LogP contribution is 2.46. The van der Waals surface area contributed by atoms with Crippen molar-refractivity contribution in [3.8, 4) is 0 Å². The Hall–Kier alpha value is -3.30. The van der Waals surface area contributed by atoms with Gasteiger partial charge >= 0.3 is 11.9 Å². The molecular formula is C33H45N5O4. The van der Waals surface area contributed by atoms with Crippen LogP contribution in [-0.2, 0) is 25.5 Å². The first-order valence-electron chi connectivity index (χ1n) is 15.1. The molecule has 2 atom stereocenters. The van der Waals surface area contributed by atoms with Crippen molar-refractivity contribution in [2.75, 3.05) is 0 Å². The van der Waals surface area contributed by atoms with Gasteiger partial charge in [0.2, 0.25) is 0 Å². The number of nitrogens with one attached hydrogen (secondary N) is 2. The zero-order chi connectivity index (χ0) is 30.3. The van der Waals surface area contributed by atoms with Gasteiger partial charge in [-0.1, -0.05) is 18.2 Å². The minimum absolute atomic E-state index is 0.0731. The predicted molar refractivity (Wildman–Crippen MR) is 162 cm³/mol. The highest BCUT2D eigenvalue weighted by atomic mass is 16.6. The van der Waals surface area contributed by atoms with Gasteiger partial charge in [0.05, 0.1) is 22.8 Å². The fourth-order valence-corrected chi connectivity index (χ4v) is 6.41. The molecule has 2 aliphatic rings. The summed E-state index contributed by atoms with van der Waals surface area (Å²) in [6.45, 7) is 11.1. The molecule has 0 aliphatic heterocycles. The number of aromatic amines is 1. The topological polar surface area (TPSA) is 132 Å². The molecule has 1 fully saturated rings. The lowest BCUT2D eigenvalue weighted by Gasteiger charge is -2.49. The van der Waals surface area contributed by atoms with Gasteiger partial charge in [-0.3, -0.25) is 14.6 Å². The number of hydrogen-bond acceptors (Lipinski definition) is 8. The lowest BCUT2D eigenvalue weighted by molar-refractivity contribution is -0.165. The Morgan fingerprint density at radius 3 is 2.36 bits per heavy atom. The van der Waals surface area contributed by atoms with Gasteiger partial charge in [0.1, 0.15) is 28.5 Å². The maximum absolute atomic E-state index is 14.2. The molecule has 2 aromatic heterocycles. The molecule has 1 unspecified atom stereocenters. The van der Waals surface area contributed by atoms with Crippen LogP contribution in [0.15, 0.2) is 42.6 Å². The van der Waals surface area contributed by atoms with Gasteiger partial charge < -0.3 is 25.5 Å². The van der Waals surface area contributed by atoms with Crippen LogP contribution in [-0.4, -0.2) is 49.2 Å². The van der Waals surface area contributed by atoms with Crippen LogP contribution in [0.1, 0.15) is 109 Å². The van der Waals surface area contributed by atoms with E-state index < -0.39 is 34.2 Å². The lowest BCUT2D eigenvalue weighted by Crippen LogP contribution is -2.63. The third kappa shape index (κ3) is 6.37. The SMILES string of the molecule is CC(C)(C)OC(=O)[C@H](c1nc2ccccc2[nH]1)C1(NC2CCCc3cccnc32)CCC(N)(C(=O)OC(C)(C)C)CC1. The van der Waals surface area contributed by atoms with Crippen molar-refractivity contribution in [1.29, 1.82) is 0 Å². The normalized spacial score (nSPS) is 25.5. The molecule has 0 bridgehead atoms. The molecule has 2 heterocycles. The van der Waals surface area contributed by atoms with E-state index in [9.17, 15) is 9.59 Å². The third-order valence-corrected chi connectivity index (χ3v) is 8.37. The van der Waals surface area contributed by atoms with Crippen molar-refractivity contribution in [2.45, 2.75) is 121 Å². The molecule has 4 N–H and O–H groups in total. The number of para-hydroxylation sites is 2. The number of nitrogens with two attached hydrogens (primary N) is 1. The summed E-state index contributed by atoms with van der Waals surface area (Å²) in [5.41, 5.74) is 7.29. The van der Waals surface area contributed by atoms with Gasteiger partial charge in [0.15, 0.2) is 0 Å². The van der Waals surface area contributed by atoms with E-state index >= 15 is 0 Å². The Labute approximate surface area is 248 Å². The molecule has 1 aromatic carbocycles. The van der Waals surface area contributed by atoms with Crippen LogP contribution in [0.25, 0.3) is 11.0 Å². The number of benzene rings is 1. The van der Waals surface area contributed by atoms with E-state index in [0.29, 0.717) is 31.5 Å². The number of ether oxygens (including phenoxy) is 2. The molecule has 0 amide bonds. The molecule has 0 radical (unpaired) electrons. The molecule has 0 spiro atoms. The minimum Gasteiger partial charge on any atom is -0.459 e. The summed E-state index contributed by atoms with van der Waals surface area (Å²) >= 11 is 0.